The zero-order valence-electron chi connectivity index (χ0n) is 37.7. The highest BCUT2D eigenvalue weighted by Crippen LogP contribution is 2.51. The molecule has 0 aliphatic heterocycles. The fourth-order valence-electron chi connectivity index (χ4n) is 13.0. The predicted molar refractivity (Wildman–Crippen MR) is 264 cm³/mol. The second kappa shape index (κ2) is 17.0. The summed E-state index contributed by atoms with van der Waals surface area (Å²) in [7, 11) is 0. The molecular formula is C61H67N. The Bertz CT molecular complexity index is 2520. The minimum absolute atomic E-state index is 0.0543. The number of benzene rings is 6. The number of hydrogen-bond donors (Lipinski definition) is 0. The fourth-order valence-corrected chi connectivity index (χ4v) is 13.0. The van der Waals surface area contributed by atoms with Crippen molar-refractivity contribution in [3.8, 4) is 33.4 Å². The zero-order valence-corrected chi connectivity index (χ0v) is 37.7. The SMILES string of the molecule is CC1(C)c2ccccc2-c2ccc(N(c3ccc(-c4ccc(-c5cc(C6CCCCC6)cc(C6CCCCC6)c5)c5c4CCCC5)cc3)c3cccc(C4CCCCC4)c3)cc21. The summed E-state index contributed by atoms with van der Waals surface area (Å²) in [6, 6.07) is 48.4. The average Bonchev–Trinajstić information content (AvgIpc) is 3.57. The molecule has 1 nitrogen and oxygen atoms in total. The third-order valence-corrected chi connectivity index (χ3v) is 16.4. The van der Waals surface area contributed by atoms with Gasteiger partial charge in [-0.2, -0.15) is 0 Å². The Hall–Kier alpha value is -4.88. The van der Waals surface area contributed by atoms with Crippen LogP contribution in [0.4, 0.5) is 17.1 Å². The summed E-state index contributed by atoms with van der Waals surface area (Å²) in [5, 5.41) is 0. The van der Waals surface area contributed by atoms with E-state index in [1.54, 1.807) is 22.3 Å². The topological polar surface area (TPSA) is 3.24 Å². The Morgan fingerprint density at radius 2 is 0.887 bits per heavy atom. The van der Waals surface area contributed by atoms with Crippen molar-refractivity contribution in [3.05, 3.63) is 160 Å². The maximum Gasteiger partial charge on any atom is 0.0465 e. The number of fused-ring (bicyclic) bond motifs is 4. The molecule has 11 rings (SSSR count). The Labute approximate surface area is 373 Å². The molecule has 0 saturated heterocycles. The van der Waals surface area contributed by atoms with E-state index in [-0.39, 0.29) is 5.41 Å². The van der Waals surface area contributed by atoms with Gasteiger partial charge in [0, 0.05) is 22.5 Å². The van der Waals surface area contributed by atoms with Gasteiger partial charge in [-0.25, -0.2) is 0 Å². The van der Waals surface area contributed by atoms with E-state index in [1.807, 2.05) is 0 Å². The maximum absolute atomic E-state index is 2.66. The lowest BCUT2D eigenvalue weighted by molar-refractivity contribution is 0.435. The molecular weight excluding hydrogens is 747 g/mol. The van der Waals surface area contributed by atoms with E-state index in [0.717, 1.165) is 11.8 Å². The molecule has 0 heterocycles. The molecule has 0 spiro atoms. The van der Waals surface area contributed by atoms with Crippen LogP contribution in [-0.2, 0) is 18.3 Å². The van der Waals surface area contributed by atoms with Crippen LogP contribution in [0.5, 0.6) is 0 Å². The van der Waals surface area contributed by atoms with Gasteiger partial charge in [0.25, 0.3) is 0 Å². The first kappa shape index (κ1) is 39.9. The molecule has 6 aromatic carbocycles. The molecule has 0 radical (unpaired) electrons. The summed E-state index contributed by atoms with van der Waals surface area (Å²) >= 11 is 0. The Morgan fingerprint density at radius 1 is 0.371 bits per heavy atom. The van der Waals surface area contributed by atoms with E-state index in [4.69, 9.17) is 0 Å². The van der Waals surface area contributed by atoms with Crippen LogP contribution >= 0.6 is 0 Å². The predicted octanol–water partition coefficient (Wildman–Crippen LogP) is 17.8. The molecule has 6 aromatic rings. The molecule has 62 heavy (non-hydrogen) atoms. The van der Waals surface area contributed by atoms with Gasteiger partial charge < -0.3 is 4.90 Å². The zero-order chi connectivity index (χ0) is 41.6. The minimum Gasteiger partial charge on any atom is -0.310 e. The van der Waals surface area contributed by atoms with Gasteiger partial charge in [-0.1, -0.05) is 157 Å². The van der Waals surface area contributed by atoms with Crippen LogP contribution in [0.3, 0.4) is 0 Å². The van der Waals surface area contributed by atoms with E-state index in [2.05, 4.69) is 140 Å². The Kier molecular flexibility index (Phi) is 11.0. The van der Waals surface area contributed by atoms with E-state index >= 15 is 0 Å². The van der Waals surface area contributed by atoms with Crippen molar-refractivity contribution < 1.29 is 0 Å². The lowest BCUT2D eigenvalue weighted by atomic mass is 9.77. The second-order valence-corrected chi connectivity index (χ2v) is 20.6. The van der Waals surface area contributed by atoms with Crippen LogP contribution in [0.15, 0.2) is 121 Å². The highest BCUT2D eigenvalue weighted by molar-refractivity contribution is 5.86. The van der Waals surface area contributed by atoms with Crippen LogP contribution in [-0.4, -0.2) is 0 Å². The molecule has 0 aromatic heterocycles. The monoisotopic (exact) mass is 814 g/mol. The van der Waals surface area contributed by atoms with Crippen molar-refractivity contribution >= 4 is 17.1 Å². The van der Waals surface area contributed by atoms with Crippen molar-refractivity contribution in [1.29, 1.82) is 0 Å². The molecule has 0 unspecified atom stereocenters. The van der Waals surface area contributed by atoms with Crippen LogP contribution in [0.2, 0.25) is 0 Å². The third kappa shape index (κ3) is 7.46. The van der Waals surface area contributed by atoms with Gasteiger partial charge in [0.2, 0.25) is 0 Å². The van der Waals surface area contributed by atoms with Crippen molar-refractivity contribution in [2.75, 3.05) is 4.90 Å². The molecule has 3 fully saturated rings. The first-order valence-electron chi connectivity index (χ1n) is 25.0. The Balaban J connectivity index is 0.975. The summed E-state index contributed by atoms with van der Waals surface area (Å²) in [5.74, 6) is 2.12. The summed E-state index contributed by atoms with van der Waals surface area (Å²) < 4.78 is 0. The van der Waals surface area contributed by atoms with E-state index in [1.165, 1.54) is 189 Å². The van der Waals surface area contributed by atoms with Gasteiger partial charge in [-0.05, 0) is 191 Å². The molecule has 0 atom stereocenters. The maximum atomic E-state index is 2.66. The van der Waals surface area contributed by atoms with E-state index in [0.29, 0.717) is 5.92 Å². The first-order valence-corrected chi connectivity index (χ1v) is 25.0. The second-order valence-electron chi connectivity index (χ2n) is 20.6. The highest BCUT2D eigenvalue weighted by atomic mass is 15.1. The molecule has 1 heteroatoms. The minimum atomic E-state index is -0.0543. The largest absolute Gasteiger partial charge is 0.310 e. The average molecular weight is 814 g/mol. The van der Waals surface area contributed by atoms with Crippen LogP contribution < -0.4 is 4.90 Å². The molecule has 0 N–H and O–H groups in total. The van der Waals surface area contributed by atoms with Crippen molar-refractivity contribution in [3.63, 3.8) is 0 Å². The molecule has 0 bridgehead atoms. The lowest BCUT2D eigenvalue weighted by Crippen LogP contribution is -2.16. The molecule has 5 aliphatic rings. The van der Waals surface area contributed by atoms with Gasteiger partial charge in [-0.15, -0.1) is 0 Å². The molecule has 5 aliphatic carbocycles. The standard InChI is InChI=1S/C61H67N/c1-61(2)59-28-15-14-27-57(59)58-34-33-52(41-60(58)61)62(51-24-16-23-46(40-51)42-17-6-3-7-18-42)50-31-29-45(30-32-50)53-35-36-54(56-26-13-12-25-55(53)56)49-38-47(43-19-8-4-9-20-43)37-48(39-49)44-21-10-5-11-22-44/h14-16,23-24,27-44H,3-13,17-22,25-26H2,1-2H3. The van der Waals surface area contributed by atoms with Crippen LogP contribution in [0.25, 0.3) is 33.4 Å². The number of nitrogens with zero attached hydrogens (tertiary/aromatic N) is 1. The smallest absolute Gasteiger partial charge is 0.0465 e. The van der Waals surface area contributed by atoms with Gasteiger partial charge in [0.05, 0.1) is 0 Å². The number of rotatable bonds is 8. The van der Waals surface area contributed by atoms with Gasteiger partial charge in [0.1, 0.15) is 0 Å². The third-order valence-electron chi connectivity index (χ3n) is 16.4. The Morgan fingerprint density at radius 3 is 1.52 bits per heavy atom. The van der Waals surface area contributed by atoms with Gasteiger partial charge >= 0.3 is 0 Å². The quantitative estimate of drug-likeness (QED) is 0.148. The van der Waals surface area contributed by atoms with Gasteiger partial charge in [0.15, 0.2) is 0 Å². The van der Waals surface area contributed by atoms with E-state index < -0.39 is 0 Å². The fraction of sp³-hybridized carbons (Fsp3) is 0.410. The van der Waals surface area contributed by atoms with Crippen LogP contribution in [0.1, 0.15) is 180 Å². The normalized spacial score (nSPS) is 19.1. The van der Waals surface area contributed by atoms with Gasteiger partial charge in [-0.3, -0.25) is 0 Å². The summed E-state index contributed by atoms with van der Waals surface area (Å²) in [6.07, 6.45) is 25.4. The van der Waals surface area contributed by atoms with Crippen LogP contribution in [0, 0.1) is 0 Å². The summed E-state index contributed by atoms with van der Waals surface area (Å²) in [6.45, 7) is 4.80. The summed E-state index contributed by atoms with van der Waals surface area (Å²) in [4.78, 5) is 2.54. The van der Waals surface area contributed by atoms with Crippen molar-refractivity contribution in [1.82, 2.24) is 0 Å². The number of anilines is 3. The van der Waals surface area contributed by atoms with Crippen molar-refractivity contribution in [2.45, 2.75) is 159 Å². The number of hydrogen-bond acceptors (Lipinski definition) is 1. The summed E-state index contributed by atoms with van der Waals surface area (Å²) in [5.41, 5.74) is 23.1. The molecule has 0 amide bonds. The molecule has 3 saturated carbocycles. The van der Waals surface area contributed by atoms with E-state index in [9.17, 15) is 0 Å². The van der Waals surface area contributed by atoms with Crippen molar-refractivity contribution in [2.24, 2.45) is 0 Å². The highest BCUT2D eigenvalue weighted by Gasteiger charge is 2.36. The lowest BCUT2D eigenvalue weighted by Gasteiger charge is -2.30. The molecule has 316 valence electrons. The first-order chi connectivity index (χ1) is 30.5.